The smallest absolute Gasteiger partial charge is 0.266 e. The number of halogens is 3. The van der Waals surface area contributed by atoms with Gasteiger partial charge in [0.1, 0.15) is 29.0 Å². The Labute approximate surface area is 182 Å². The number of piperidine rings is 1. The summed E-state index contributed by atoms with van der Waals surface area (Å²) < 4.78 is 74.1. The van der Waals surface area contributed by atoms with Gasteiger partial charge in [-0.1, -0.05) is 30.3 Å². The second kappa shape index (κ2) is 8.93. The molecule has 0 amide bonds. The molecule has 164 valence electrons. The molecule has 3 aromatic rings. The number of rotatable bonds is 6. The zero-order valence-electron chi connectivity index (χ0n) is 16.2. The molecule has 0 aliphatic carbocycles. The lowest BCUT2D eigenvalue weighted by atomic mass is 9.93. The highest BCUT2D eigenvalue weighted by Gasteiger charge is 2.31. The van der Waals surface area contributed by atoms with Crippen molar-refractivity contribution in [1.29, 1.82) is 0 Å². The molecule has 2 heterocycles. The highest BCUT2D eigenvalue weighted by molar-refractivity contribution is 7.93. The molecule has 0 radical (unpaired) electrons. The fourth-order valence-corrected chi connectivity index (χ4v) is 5.42. The number of anilines is 1. The van der Waals surface area contributed by atoms with E-state index in [1.54, 1.807) is 0 Å². The van der Waals surface area contributed by atoms with Gasteiger partial charge in [-0.15, -0.1) is 0 Å². The Morgan fingerprint density at radius 1 is 1.16 bits per heavy atom. The van der Waals surface area contributed by atoms with Crippen LogP contribution in [0.5, 0.6) is 0 Å². The topological polar surface area (TPSA) is 75.2 Å². The predicted molar refractivity (Wildman–Crippen MR) is 111 cm³/mol. The van der Waals surface area contributed by atoms with Crippen LogP contribution in [0.3, 0.4) is 0 Å². The minimum absolute atomic E-state index is 0.00519. The van der Waals surface area contributed by atoms with Crippen molar-refractivity contribution in [1.82, 2.24) is 14.3 Å². The summed E-state index contributed by atoms with van der Waals surface area (Å²) in [6.07, 6.45) is 0.728. The second-order valence-electron chi connectivity index (χ2n) is 7.24. The normalized spacial score (nSPS) is 20.0. The number of hydrogen-bond acceptors (Lipinski definition) is 6. The summed E-state index contributed by atoms with van der Waals surface area (Å²) in [6, 6.07) is 10.6. The lowest BCUT2D eigenvalue weighted by molar-refractivity contribution is 0.0825. The van der Waals surface area contributed by atoms with Crippen molar-refractivity contribution in [2.24, 2.45) is 0 Å². The first-order valence-corrected chi connectivity index (χ1v) is 11.8. The summed E-state index contributed by atoms with van der Waals surface area (Å²) in [5, 5.41) is -0.0521. The number of nitrogens with one attached hydrogen (secondary N) is 1. The number of nitrogens with zero attached hydrogens (tertiary/aromatic N) is 3. The third kappa shape index (κ3) is 4.89. The van der Waals surface area contributed by atoms with Crippen LogP contribution in [0.25, 0.3) is 0 Å². The van der Waals surface area contributed by atoms with Gasteiger partial charge in [0.05, 0.1) is 0 Å². The molecule has 11 heteroatoms. The molecule has 1 aliphatic rings. The number of likely N-dealkylation sites (tertiary alicyclic amines) is 1. The summed E-state index contributed by atoms with van der Waals surface area (Å²) >= 11 is 0.774. The lowest BCUT2D eigenvalue weighted by Crippen LogP contribution is -2.37. The fourth-order valence-electron chi connectivity index (χ4n) is 3.69. The first-order chi connectivity index (χ1) is 14.8. The molecule has 0 spiro atoms. The number of sulfonamides is 1. The number of aromatic nitrogens is 2. The van der Waals surface area contributed by atoms with E-state index in [1.165, 1.54) is 0 Å². The zero-order chi connectivity index (χ0) is 22.0. The van der Waals surface area contributed by atoms with Crippen molar-refractivity contribution >= 4 is 26.7 Å². The van der Waals surface area contributed by atoms with Gasteiger partial charge in [-0.3, -0.25) is 9.62 Å². The van der Waals surface area contributed by atoms with Crippen molar-refractivity contribution in [2.45, 2.75) is 36.5 Å². The maximum Gasteiger partial charge on any atom is 0.266 e. The van der Waals surface area contributed by atoms with Crippen LogP contribution in [-0.2, 0) is 16.6 Å². The van der Waals surface area contributed by atoms with Crippen LogP contribution in [0.4, 0.5) is 18.3 Å². The Balaban J connectivity index is 1.59. The third-order valence-corrected chi connectivity index (χ3v) is 7.24. The van der Waals surface area contributed by atoms with Gasteiger partial charge in [-0.25, -0.2) is 26.6 Å². The van der Waals surface area contributed by atoms with E-state index in [2.05, 4.69) is 14.1 Å². The molecule has 4 rings (SSSR count). The number of benzene rings is 2. The molecular formula is C20H19F3N4O2S2. The van der Waals surface area contributed by atoms with Gasteiger partial charge in [0, 0.05) is 36.2 Å². The van der Waals surface area contributed by atoms with Crippen molar-refractivity contribution in [3.63, 3.8) is 0 Å². The first-order valence-electron chi connectivity index (χ1n) is 9.54. The average Bonchev–Trinajstić information content (AvgIpc) is 3.24. The molecule has 2 aromatic carbocycles. The average molecular weight is 469 g/mol. The lowest BCUT2D eigenvalue weighted by Gasteiger charge is -2.37. The van der Waals surface area contributed by atoms with Crippen molar-refractivity contribution in [2.75, 3.05) is 11.3 Å². The maximum absolute atomic E-state index is 14.8. The molecule has 1 fully saturated rings. The Hall–Kier alpha value is -2.50. The van der Waals surface area contributed by atoms with E-state index in [4.69, 9.17) is 0 Å². The number of alkyl halides is 1. The first kappa shape index (κ1) is 21.7. The summed E-state index contributed by atoms with van der Waals surface area (Å²) in [4.78, 5) is 4.75. The van der Waals surface area contributed by atoms with Crippen molar-refractivity contribution in [3.8, 4) is 0 Å². The summed E-state index contributed by atoms with van der Waals surface area (Å²) in [5.74, 6) is -1.93. The van der Waals surface area contributed by atoms with E-state index >= 15 is 0 Å². The van der Waals surface area contributed by atoms with Crippen molar-refractivity contribution in [3.05, 3.63) is 71.6 Å². The monoisotopic (exact) mass is 468 g/mol. The van der Waals surface area contributed by atoms with E-state index in [0.717, 1.165) is 29.5 Å². The molecular weight excluding hydrogens is 449 g/mol. The fraction of sp³-hybridized carbons (Fsp3) is 0.300. The highest BCUT2D eigenvalue weighted by atomic mass is 32.2. The van der Waals surface area contributed by atoms with Gasteiger partial charge in [-0.05, 0) is 30.5 Å². The SMILES string of the molecule is O=S(=O)(Nc1ncns1)c1cc(F)c(CN2CC[C@H](F)C[C@@H]2c2ccccc2)cc1F. The van der Waals surface area contributed by atoms with Crippen LogP contribution >= 0.6 is 11.5 Å². The summed E-state index contributed by atoms with van der Waals surface area (Å²) in [7, 11) is -4.37. The van der Waals surface area contributed by atoms with Gasteiger partial charge in [0.15, 0.2) is 0 Å². The van der Waals surface area contributed by atoms with Crippen molar-refractivity contribution < 1.29 is 21.6 Å². The quantitative estimate of drug-likeness (QED) is 0.584. The van der Waals surface area contributed by atoms with Gasteiger partial charge < -0.3 is 0 Å². The molecule has 1 aromatic heterocycles. The van der Waals surface area contributed by atoms with Crippen LogP contribution in [-0.4, -0.2) is 35.4 Å². The molecule has 31 heavy (non-hydrogen) atoms. The molecule has 2 atom stereocenters. The Morgan fingerprint density at radius 2 is 1.94 bits per heavy atom. The molecule has 1 aliphatic heterocycles. The Kier molecular flexibility index (Phi) is 6.26. The minimum atomic E-state index is -4.37. The maximum atomic E-state index is 14.8. The van der Waals surface area contributed by atoms with E-state index < -0.39 is 32.7 Å². The van der Waals surface area contributed by atoms with Crippen LogP contribution in [0.2, 0.25) is 0 Å². The van der Waals surface area contributed by atoms with E-state index in [-0.39, 0.29) is 29.7 Å². The molecule has 6 nitrogen and oxygen atoms in total. The predicted octanol–water partition coefficient (Wildman–Crippen LogP) is 4.29. The Morgan fingerprint density at radius 3 is 2.65 bits per heavy atom. The van der Waals surface area contributed by atoms with Crippen LogP contribution in [0.1, 0.15) is 30.0 Å². The molecule has 0 saturated carbocycles. The molecule has 0 bridgehead atoms. The largest absolute Gasteiger partial charge is 0.292 e. The van der Waals surface area contributed by atoms with Crippen LogP contribution in [0.15, 0.2) is 53.7 Å². The van der Waals surface area contributed by atoms with Gasteiger partial charge in [0.2, 0.25) is 5.13 Å². The van der Waals surface area contributed by atoms with Gasteiger partial charge in [-0.2, -0.15) is 4.37 Å². The van der Waals surface area contributed by atoms with E-state index in [9.17, 15) is 21.6 Å². The third-order valence-electron chi connectivity index (χ3n) is 5.18. The van der Waals surface area contributed by atoms with E-state index in [0.29, 0.717) is 19.0 Å². The number of hydrogen-bond donors (Lipinski definition) is 1. The second-order valence-corrected chi connectivity index (χ2v) is 9.68. The Bertz CT molecular complexity index is 1140. The molecule has 1 N–H and O–H groups in total. The minimum Gasteiger partial charge on any atom is -0.292 e. The van der Waals surface area contributed by atoms with Gasteiger partial charge in [0.25, 0.3) is 10.0 Å². The zero-order valence-corrected chi connectivity index (χ0v) is 17.8. The van der Waals surface area contributed by atoms with Crippen LogP contribution < -0.4 is 4.72 Å². The van der Waals surface area contributed by atoms with Gasteiger partial charge >= 0.3 is 0 Å². The summed E-state index contributed by atoms with van der Waals surface area (Å²) in [6.45, 7) is 0.402. The highest BCUT2D eigenvalue weighted by Crippen LogP contribution is 2.34. The van der Waals surface area contributed by atoms with Crippen LogP contribution in [0, 0.1) is 11.6 Å². The summed E-state index contributed by atoms with van der Waals surface area (Å²) in [5.41, 5.74) is 0.900. The molecule has 1 saturated heterocycles. The van der Waals surface area contributed by atoms with E-state index in [1.807, 2.05) is 35.2 Å². The standard InChI is InChI=1S/C20H19F3N4O2S2/c21-15-6-7-27(18(9-15)13-4-2-1-3-5-13)11-14-8-17(23)19(10-16(14)22)31(28,29)26-20-24-12-25-30-20/h1-5,8,10,12,15,18H,6-7,9,11H2,(H,24,25,26)/t15-,18+/m0/s1. The molecule has 0 unspecified atom stereocenters.